The third-order valence-electron chi connectivity index (χ3n) is 2.34. The van der Waals surface area contributed by atoms with Crippen molar-refractivity contribution in [1.82, 2.24) is 10.2 Å². The molecule has 0 saturated carbocycles. The summed E-state index contributed by atoms with van der Waals surface area (Å²) in [5.41, 5.74) is 1.35. The van der Waals surface area contributed by atoms with Gasteiger partial charge in [0.15, 0.2) is 0 Å². The zero-order valence-electron chi connectivity index (χ0n) is 10.4. The van der Waals surface area contributed by atoms with Crippen molar-refractivity contribution >= 4 is 5.69 Å². The van der Waals surface area contributed by atoms with E-state index in [1.54, 1.807) is 18.3 Å². The number of hydrogen-bond donors (Lipinski definition) is 2. The molecule has 0 amide bonds. The first-order valence-electron chi connectivity index (χ1n) is 5.83. The number of nitrogens with one attached hydrogen (secondary N) is 2. The van der Waals surface area contributed by atoms with Gasteiger partial charge in [0.1, 0.15) is 11.6 Å². The Hall–Kier alpha value is -2.04. The number of aromatic amines is 1. The highest BCUT2D eigenvalue weighted by molar-refractivity contribution is 5.48. The summed E-state index contributed by atoms with van der Waals surface area (Å²) < 4.78 is 19.2. The van der Waals surface area contributed by atoms with E-state index in [1.807, 2.05) is 19.9 Å². The highest BCUT2D eigenvalue weighted by Crippen LogP contribution is 2.21. The molecule has 0 aliphatic carbocycles. The summed E-state index contributed by atoms with van der Waals surface area (Å²) in [6.07, 6.45) is 1.70. The lowest BCUT2D eigenvalue weighted by Gasteiger charge is -2.11. The molecule has 1 aromatic carbocycles. The van der Waals surface area contributed by atoms with Crippen LogP contribution in [0.5, 0.6) is 5.75 Å². The van der Waals surface area contributed by atoms with Crippen molar-refractivity contribution in [2.45, 2.75) is 26.5 Å². The Morgan fingerprint density at radius 3 is 2.83 bits per heavy atom. The maximum absolute atomic E-state index is 13.8. The van der Waals surface area contributed by atoms with Crippen LogP contribution in [0.25, 0.3) is 0 Å². The lowest BCUT2D eigenvalue weighted by Crippen LogP contribution is -2.06. The van der Waals surface area contributed by atoms with Gasteiger partial charge in [-0.15, -0.1) is 0 Å². The monoisotopic (exact) mass is 249 g/mol. The smallest absolute Gasteiger partial charge is 0.149 e. The summed E-state index contributed by atoms with van der Waals surface area (Å²) in [5, 5.41) is 9.62. The fraction of sp³-hybridized carbons (Fsp3) is 0.308. The van der Waals surface area contributed by atoms with Gasteiger partial charge in [-0.2, -0.15) is 5.10 Å². The number of benzene rings is 1. The summed E-state index contributed by atoms with van der Waals surface area (Å²) in [4.78, 5) is 0. The Balaban J connectivity index is 2.01. The van der Waals surface area contributed by atoms with Gasteiger partial charge in [0, 0.05) is 12.3 Å². The second-order valence-electron chi connectivity index (χ2n) is 4.24. The van der Waals surface area contributed by atoms with E-state index in [4.69, 9.17) is 4.74 Å². The molecule has 0 saturated heterocycles. The largest absolute Gasteiger partial charge is 0.491 e. The zero-order valence-corrected chi connectivity index (χ0v) is 10.4. The number of anilines is 1. The van der Waals surface area contributed by atoms with E-state index in [9.17, 15) is 4.39 Å². The summed E-state index contributed by atoms with van der Waals surface area (Å²) in [7, 11) is 0. The van der Waals surface area contributed by atoms with Gasteiger partial charge in [-0.3, -0.25) is 5.10 Å². The van der Waals surface area contributed by atoms with Crippen LogP contribution in [0.3, 0.4) is 0 Å². The minimum absolute atomic E-state index is 0.0354. The van der Waals surface area contributed by atoms with E-state index in [0.717, 1.165) is 5.69 Å². The highest BCUT2D eigenvalue weighted by atomic mass is 19.1. The molecule has 1 aromatic heterocycles. The number of halogens is 1. The van der Waals surface area contributed by atoms with Crippen LogP contribution in [0.15, 0.2) is 30.5 Å². The SMILES string of the molecule is CC(C)Oc1ccc(NCc2ccn[nH]2)c(F)c1. The van der Waals surface area contributed by atoms with Gasteiger partial charge >= 0.3 is 0 Å². The first kappa shape index (κ1) is 12.4. The first-order chi connectivity index (χ1) is 8.65. The van der Waals surface area contributed by atoms with Crippen molar-refractivity contribution < 1.29 is 9.13 Å². The van der Waals surface area contributed by atoms with Gasteiger partial charge in [-0.05, 0) is 32.0 Å². The van der Waals surface area contributed by atoms with Crippen molar-refractivity contribution in [2.75, 3.05) is 5.32 Å². The average molecular weight is 249 g/mol. The summed E-state index contributed by atoms with van der Waals surface area (Å²) >= 11 is 0. The number of hydrogen-bond acceptors (Lipinski definition) is 3. The minimum atomic E-state index is -0.326. The molecule has 5 heteroatoms. The van der Waals surface area contributed by atoms with Crippen LogP contribution in [0.4, 0.5) is 10.1 Å². The molecule has 0 fully saturated rings. The Labute approximate surface area is 105 Å². The second kappa shape index (κ2) is 5.53. The van der Waals surface area contributed by atoms with Crippen LogP contribution in [0, 0.1) is 5.82 Å². The zero-order chi connectivity index (χ0) is 13.0. The normalized spacial score (nSPS) is 10.7. The molecule has 0 aliphatic heterocycles. The van der Waals surface area contributed by atoms with Crippen LogP contribution < -0.4 is 10.1 Å². The molecule has 2 aromatic rings. The first-order valence-corrected chi connectivity index (χ1v) is 5.83. The molecule has 0 atom stereocenters. The quantitative estimate of drug-likeness (QED) is 0.856. The molecule has 4 nitrogen and oxygen atoms in total. The van der Waals surface area contributed by atoms with E-state index in [1.165, 1.54) is 6.07 Å². The van der Waals surface area contributed by atoms with Gasteiger partial charge in [0.2, 0.25) is 0 Å². The highest BCUT2D eigenvalue weighted by Gasteiger charge is 2.05. The second-order valence-corrected chi connectivity index (χ2v) is 4.24. The van der Waals surface area contributed by atoms with E-state index in [0.29, 0.717) is 18.0 Å². The fourth-order valence-electron chi connectivity index (χ4n) is 1.56. The number of nitrogens with zero attached hydrogens (tertiary/aromatic N) is 1. The average Bonchev–Trinajstić information content (AvgIpc) is 2.80. The maximum Gasteiger partial charge on any atom is 0.149 e. The third-order valence-corrected chi connectivity index (χ3v) is 2.34. The van der Waals surface area contributed by atoms with Crippen molar-refractivity contribution in [2.24, 2.45) is 0 Å². The molecular weight excluding hydrogens is 233 g/mol. The molecule has 2 rings (SSSR count). The Morgan fingerprint density at radius 2 is 2.22 bits per heavy atom. The summed E-state index contributed by atoms with van der Waals surface area (Å²) in [6.45, 7) is 4.31. The van der Waals surface area contributed by atoms with Crippen LogP contribution in [-0.2, 0) is 6.54 Å². The minimum Gasteiger partial charge on any atom is -0.491 e. The van der Waals surface area contributed by atoms with Gasteiger partial charge in [-0.1, -0.05) is 0 Å². The van der Waals surface area contributed by atoms with Crippen LogP contribution >= 0.6 is 0 Å². The van der Waals surface area contributed by atoms with E-state index >= 15 is 0 Å². The third kappa shape index (κ3) is 3.23. The van der Waals surface area contributed by atoms with Crippen LogP contribution in [0.2, 0.25) is 0 Å². The molecular formula is C13H16FN3O. The molecule has 96 valence electrons. The standard InChI is InChI=1S/C13H16FN3O/c1-9(2)18-11-3-4-13(12(14)7-11)15-8-10-5-6-16-17-10/h3-7,9,15H,8H2,1-2H3,(H,16,17). The van der Waals surface area contributed by atoms with Crippen LogP contribution in [-0.4, -0.2) is 16.3 Å². The lowest BCUT2D eigenvalue weighted by molar-refractivity contribution is 0.241. The molecule has 1 heterocycles. The molecule has 0 aliphatic rings. The molecule has 0 bridgehead atoms. The van der Waals surface area contributed by atoms with E-state index in [2.05, 4.69) is 15.5 Å². The van der Waals surface area contributed by atoms with Crippen molar-refractivity contribution in [1.29, 1.82) is 0 Å². The summed E-state index contributed by atoms with van der Waals surface area (Å²) in [6, 6.07) is 6.64. The van der Waals surface area contributed by atoms with E-state index in [-0.39, 0.29) is 11.9 Å². The molecule has 0 radical (unpaired) electrons. The molecule has 0 spiro atoms. The summed E-state index contributed by atoms with van der Waals surface area (Å²) in [5.74, 6) is 0.210. The van der Waals surface area contributed by atoms with E-state index < -0.39 is 0 Å². The van der Waals surface area contributed by atoms with Crippen molar-refractivity contribution in [3.63, 3.8) is 0 Å². The van der Waals surface area contributed by atoms with Crippen LogP contribution in [0.1, 0.15) is 19.5 Å². The van der Waals surface area contributed by atoms with Gasteiger partial charge in [-0.25, -0.2) is 4.39 Å². The fourth-order valence-corrected chi connectivity index (χ4v) is 1.56. The Kier molecular flexibility index (Phi) is 3.82. The van der Waals surface area contributed by atoms with Gasteiger partial charge in [0.25, 0.3) is 0 Å². The topological polar surface area (TPSA) is 49.9 Å². The van der Waals surface area contributed by atoms with Crippen molar-refractivity contribution in [3.05, 3.63) is 42.0 Å². The van der Waals surface area contributed by atoms with Crippen molar-refractivity contribution in [3.8, 4) is 5.75 Å². The number of aromatic nitrogens is 2. The Morgan fingerprint density at radius 1 is 1.39 bits per heavy atom. The molecule has 0 unspecified atom stereocenters. The molecule has 2 N–H and O–H groups in total. The van der Waals surface area contributed by atoms with Gasteiger partial charge in [0.05, 0.1) is 24.0 Å². The number of H-pyrrole nitrogens is 1. The Bertz CT molecular complexity index is 497. The number of ether oxygens (including phenoxy) is 1. The predicted octanol–water partition coefficient (Wildman–Crippen LogP) is 2.95. The molecule has 18 heavy (non-hydrogen) atoms. The maximum atomic E-state index is 13.8. The predicted molar refractivity (Wildman–Crippen MR) is 68.1 cm³/mol. The lowest BCUT2D eigenvalue weighted by atomic mass is 10.2. The van der Waals surface area contributed by atoms with Gasteiger partial charge < -0.3 is 10.1 Å². The number of rotatable bonds is 5.